The van der Waals surface area contributed by atoms with Crippen molar-refractivity contribution in [3.8, 4) is 0 Å². The van der Waals surface area contributed by atoms with Gasteiger partial charge in [-0.25, -0.2) is 4.79 Å². The van der Waals surface area contributed by atoms with Crippen molar-refractivity contribution in [3.63, 3.8) is 0 Å². The average molecular weight is 304 g/mol. The number of ether oxygens (including phenoxy) is 1. The Hall–Kier alpha value is -2.04. The minimum absolute atomic E-state index is 0.226. The molecule has 1 atom stereocenters. The number of benzene rings is 1. The second-order valence-corrected chi connectivity index (χ2v) is 5.59. The third-order valence-corrected chi connectivity index (χ3v) is 3.75. The maximum absolute atomic E-state index is 11.9. The topological polar surface area (TPSA) is 58.6 Å². The van der Waals surface area contributed by atoms with Crippen molar-refractivity contribution in [2.75, 3.05) is 18.5 Å². The lowest BCUT2D eigenvalue weighted by molar-refractivity contribution is -0.143. The molecule has 0 spiro atoms. The third-order valence-electron chi connectivity index (χ3n) is 3.75. The summed E-state index contributed by atoms with van der Waals surface area (Å²) in [6.07, 6.45) is 2.72. The minimum Gasteiger partial charge on any atom is -0.464 e. The number of esters is 1. The lowest BCUT2D eigenvalue weighted by Gasteiger charge is -2.27. The summed E-state index contributed by atoms with van der Waals surface area (Å²) in [5.41, 5.74) is 1.93. The van der Waals surface area contributed by atoms with Crippen LogP contribution in [0.4, 0.5) is 5.69 Å². The van der Waals surface area contributed by atoms with E-state index in [4.69, 9.17) is 4.74 Å². The lowest BCUT2D eigenvalue weighted by Crippen LogP contribution is -2.34. The molecule has 5 heteroatoms. The zero-order valence-electron chi connectivity index (χ0n) is 13.3. The Bertz CT molecular complexity index is 530. The molecule has 120 valence electrons. The van der Waals surface area contributed by atoms with Crippen molar-refractivity contribution in [1.82, 2.24) is 4.90 Å². The summed E-state index contributed by atoms with van der Waals surface area (Å²) < 4.78 is 4.99. The van der Waals surface area contributed by atoms with E-state index in [0.29, 0.717) is 19.6 Å². The Morgan fingerprint density at radius 2 is 2.23 bits per heavy atom. The second-order valence-electron chi connectivity index (χ2n) is 5.59. The van der Waals surface area contributed by atoms with E-state index in [9.17, 15) is 9.59 Å². The molecule has 2 rings (SSSR count). The fraction of sp³-hybridized carbons (Fsp3) is 0.529. The third kappa shape index (κ3) is 4.48. The van der Waals surface area contributed by atoms with Gasteiger partial charge in [-0.3, -0.25) is 4.79 Å². The number of carbonyl (C=O) groups is 2. The van der Waals surface area contributed by atoms with Crippen molar-refractivity contribution < 1.29 is 14.3 Å². The van der Waals surface area contributed by atoms with E-state index in [1.54, 1.807) is 13.8 Å². The van der Waals surface area contributed by atoms with Gasteiger partial charge in [0.1, 0.15) is 6.04 Å². The molecule has 1 aliphatic rings. The van der Waals surface area contributed by atoms with E-state index in [2.05, 4.69) is 5.32 Å². The molecule has 1 aromatic carbocycles. The molecule has 0 unspecified atom stereocenters. The molecule has 22 heavy (non-hydrogen) atoms. The van der Waals surface area contributed by atoms with Gasteiger partial charge in [0.15, 0.2) is 0 Å². The number of nitrogens with zero attached hydrogens (tertiary/aromatic N) is 1. The minimum atomic E-state index is -0.396. The van der Waals surface area contributed by atoms with Gasteiger partial charge in [0, 0.05) is 25.2 Å². The summed E-state index contributed by atoms with van der Waals surface area (Å²) in [5.74, 6) is -0.0383. The normalized spacial score (nSPS) is 16.3. The molecule has 1 saturated heterocycles. The lowest BCUT2D eigenvalue weighted by atomic mass is 10.1. The Kier molecular flexibility index (Phi) is 5.81. The van der Waals surface area contributed by atoms with Gasteiger partial charge in [-0.15, -0.1) is 0 Å². The highest BCUT2D eigenvalue weighted by molar-refractivity contribution is 5.79. The smallest absolute Gasteiger partial charge is 0.328 e. The van der Waals surface area contributed by atoms with Crippen LogP contribution in [0.1, 0.15) is 38.7 Å². The Labute approximate surface area is 131 Å². The SMILES string of the molecule is CCOC(=O)[C@@H](C)Nc1cccc(CN2CCCCC2=O)c1. The first-order valence-electron chi connectivity index (χ1n) is 7.90. The highest BCUT2D eigenvalue weighted by atomic mass is 16.5. The monoisotopic (exact) mass is 304 g/mol. The number of likely N-dealkylation sites (tertiary alicyclic amines) is 1. The fourth-order valence-corrected chi connectivity index (χ4v) is 2.58. The molecular formula is C17H24N2O3. The largest absolute Gasteiger partial charge is 0.464 e. The van der Waals surface area contributed by atoms with Gasteiger partial charge in [0.2, 0.25) is 5.91 Å². The number of rotatable bonds is 6. The number of hydrogen-bond donors (Lipinski definition) is 1. The molecule has 0 bridgehead atoms. The number of anilines is 1. The van der Waals surface area contributed by atoms with Crippen LogP contribution < -0.4 is 5.32 Å². The Morgan fingerprint density at radius 3 is 2.95 bits per heavy atom. The summed E-state index contributed by atoms with van der Waals surface area (Å²) in [4.78, 5) is 25.4. The van der Waals surface area contributed by atoms with Crippen LogP contribution in [0.15, 0.2) is 24.3 Å². The maximum atomic E-state index is 11.9. The first kappa shape index (κ1) is 16.3. The molecular weight excluding hydrogens is 280 g/mol. The highest BCUT2D eigenvalue weighted by Gasteiger charge is 2.18. The summed E-state index contributed by atoms with van der Waals surface area (Å²) >= 11 is 0. The van der Waals surface area contributed by atoms with Crippen LogP contribution >= 0.6 is 0 Å². The Balaban J connectivity index is 1.97. The molecule has 1 amide bonds. The van der Waals surface area contributed by atoms with Gasteiger partial charge in [-0.2, -0.15) is 0 Å². The van der Waals surface area contributed by atoms with Crippen LogP contribution in [-0.2, 0) is 20.9 Å². The predicted molar refractivity (Wildman–Crippen MR) is 85.4 cm³/mol. The standard InChI is InChI=1S/C17H24N2O3/c1-3-22-17(21)13(2)18-15-8-6-7-14(11-15)12-19-10-5-4-9-16(19)20/h6-8,11,13,18H,3-5,9-10,12H2,1-2H3/t13-/m1/s1. The first-order valence-corrected chi connectivity index (χ1v) is 7.90. The molecule has 0 aromatic heterocycles. The second kappa shape index (κ2) is 7.82. The van der Waals surface area contributed by atoms with Crippen LogP contribution in [0, 0.1) is 0 Å². The highest BCUT2D eigenvalue weighted by Crippen LogP contribution is 2.17. The summed E-state index contributed by atoms with van der Waals surface area (Å²) in [6.45, 7) is 5.40. The van der Waals surface area contributed by atoms with Crippen molar-refractivity contribution in [1.29, 1.82) is 0 Å². The summed E-state index contributed by atoms with van der Waals surface area (Å²) in [6, 6.07) is 7.44. The number of carbonyl (C=O) groups excluding carboxylic acids is 2. The van der Waals surface area contributed by atoms with E-state index >= 15 is 0 Å². The predicted octanol–water partition coefficient (Wildman–Crippen LogP) is 2.56. The van der Waals surface area contributed by atoms with Crippen LogP contribution in [0.3, 0.4) is 0 Å². The molecule has 0 radical (unpaired) electrons. The van der Waals surface area contributed by atoms with Gasteiger partial charge >= 0.3 is 5.97 Å². The van der Waals surface area contributed by atoms with Crippen LogP contribution in [0.5, 0.6) is 0 Å². The molecule has 1 aromatic rings. The van der Waals surface area contributed by atoms with Crippen LogP contribution in [0.25, 0.3) is 0 Å². The molecule has 1 aliphatic heterocycles. The van der Waals surface area contributed by atoms with Gasteiger partial charge in [0.25, 0.3) is 0 Å². The fourth-order valence-electron chi connectivity index (χ4n) is 2.58. The van der Waals surface area contributed by atoms with E-state index in [0.717, 1.165) is 30.6 Å². The zero-order chi connectivity index (χ0) is 15.9. The maximum Gasteiger partial charge on any atom is 0.328 e. The van der Waals surface area contributed by atoms with E-state index < -0.39 is 6.04 Å². The molecule has 1 fully saturated rings. The van der Waals surface area contributed by atoms with E-state index in [1.807, 2.05) is 29.2 Å². The van der Waals surface area contributed by atoms with Crippen LogP contribution in [0.2, 0.25) is 0 Å². The zero-order valence-corrected chi connectivity index (χ0v) is 13.3. The molecule has 0 saturated carbocycles. The van der Waals surface area contributed by atoms with Gasteiger partial charge in [-0.1, -0.05) is 12.1 Å². The first-order chi connectivity index (χ1) is 10.6. The Morgan fingerprint density at radius 1 is 1.41 bits per heavy atom. The van der Waals surface area contributed by atoms with Crippen LogP contribution in [-0.4, -0.2) is 36.0 Å². The molecule has 1 N–H and O–H groups in total. The van der Waals surface area contributed by atoms with Crippen molar-refractivity contribution in [3.05, 3.63) is 29.8 Å². The quantitative estimate of drug-likeness (QED) is 0.821. The van der Waals surface area contributed by atoms with E-state index in [1.165, 1.54) is 0 Å². The van der Waals surface area contributed by atoms with Crippen molar-refractivity contribution >= 4 is 17.6 Å². The van der Waals surface area contributed by atoms with Crippen molar-refractivity contribution in [2.24, 2.45) is 0 Å². The van der Waals surface area contributed by atoms with Gasteiger partial charge < -0.3 is 15.0 Å². The molecule has 5 nitrogen and oxygen atoms in total. The number of amides is 1. The van der Waals surface area contributed by atoms with Gasteiger partial charge in [-0.05, 0) is 44.4 Å². The van der Waals surface area contributed by atoms with Crippen molar-refractivity contribution in [2.45, 2.75) is 45.7 Å². The summed E-state index contributed by atoms with van der Waals surface area (Å²) in [5, 5.41) is 3.14. The average Bonchev–Trinajstić information content (AvgIpc) is 2.50. The number of hydrogen-bond acceptors (Lipinski definition) is 4. The molecule has 0 aliphatic carbocycles. The van der Waals surface area contributed by atoms with Gasteiger partial charge in [0.05, 0.1) is 6.61 Å². The number of nitrogens with one attached hydrogen (secondary N) is 1. The van der Waals surface area contributed by atoms with E-state index in [-0.39, 0.29) is 11.9 Å². The molecule has 1 heterocycles. The summed E-state index contributed by atoms with van der Waals surface area (Å²) in [7, 11) is 0. The number of piperidine rings is 1.